The van der Waals surface area contributed by atoms with Crippen molar-refractivity contribution in [1.29, 1.82) is 0 Å². The number of hydrogen-bond acceptors (Lipinski definition) is 5. The summed E-state index contributed by atoms with van der Waals surface area (Å²) in [5, 5.41) is 7.65. The quantitative estimate of drug-likeness (QED) is 0.465. The molecule has 142 valence electrons. The number of carbonyl (C=O) groups is 3. The molecule has 0 aliphatic carbocycles. The number of amides is 2. The first-order valence-electron chi connectivity index (χ1n) is 8.67. The summed E-state index contributed by atoms with van der Waals surface area (Å²) >= 11 is 5.18. The summed E-state index contributed by atoms with van der Waals surface area (Å²) in [7, 11) is 1.28. The number of ether oxygens (including phenoxy) is 1. The van der Waals surface area contributed by atoms with Crippen LogP contribution in [-0.4, -0.2) is 47.5 Å². The van der Waals surface area contributed by atoms with E-state index in [9.17, 15) is 14.4 Å². The van der Waals surface area contributed by atoms with Gasteiger partial charge in [-0.1, -0.05) is 24.3 Å². The van der Waals surface area contributed by atoms with Crippen LogP contribution in [0.3, 0.4) is 0 Å². The van der Waals surface area contributed by atoms with Crippen molar-refractivity contribution in [2.75, 3.05) is 13.7 Å². The maximum absolute atomic E-state index is 13.1. The standard InChI is InChI=1S/C20H17N3O4S/c1-10-15(19(26)27-2)14(22-20(28)21-10)9-23-17(24)12-7-3-5-11-6-4-8-13(16(11)12)18(23)25/h3-8,14H,9H2,1-2H3,(H2,21,22,28). The van der Waals surface area contributed by atoms with Gasteiger partial charge in [-0.3, -0.25) is 14.5 Å². The van der Waals surface area contributed by atoms with Crippen LogP contribution in [0.1, 0.15) is 27.6 Å². The highest BCUT2D eigenvalue weighted by Gasteiger charge is 2.38. The minimum atomic E-state index is -0.668. The van der Waals surface area contributed by atoms with E-state index in [0.29, 0.717) is 32.9 Å². The molecule has 2 aliphatic heterocycles. The highest BCUT2D eigenvalue weighted by Crippen LogP contribution is 2.30. The highest BCUT2D eigenvalue weighted by molar-refractivity contribution is 7.80. The number of allylic oxidation sites excluding steroid dienone is 1. The number of nitrogens with zero attached hydrogens (tertiary/aromatic N) is 1. The smallest absolute Gasteiger partial charge is 0.337 e. The Labute approximate surface area is 166 Å². The second-order valence-corrected chi connectivity index (χ2v) is 7.02. The fourth-order valence-electron chi connectivity index (χ4n) is 3.74. The molecule has 2 aromatic rings. The SMILES string of the molecule is COC(=O)C1=C(C)NC(=S)NC1CN1C(=O)c2cccc3cccc(c23)C1=O. The Hall–Kier alpha value is -3.26. The summed E-state index contributed by atoms with van der Waals surface area (Å²) in [6.07, 6.45) is 0. The van der Waals surface area contributed by atoms with Gasteiger partial charge in [-0.15, -0.1) is 0 Å². The van der Waals surface area contributed by atoms with Crippen molar-refractivity contribution in [3.05, 3.63) is 58.8 Å². The van der Waals surface area contributed by atoms with Gasteiger partial charge in [-0.2, -0.15) is 0 Å². The Morgan fingerprint density at radius 1 is 1.14 bits per heavy atom. The minimum Gasteiger partial charge on any atom is -0.466 e. The van der Waals surface area contributed by atoms with Crippen LogP contribution in [0, 0.1) is 0 Å². The van der Waals surface area contributed by atoms with Crippen LogP contribution in [0.15, 0.2) is 47.7 Å². The average molecular weight is 395 g/mol. The fourth-order valence-corrected chi connectivity index (χ4v) is 4.03. The summed E-state index contributed by atoms with van der Waals surface area (Å²) < 4.78 is 4.86. The van der Waals surface area contributed by atoms with E-state index in [4.69, 9.17) is 17.0 Å². The van der Waals surface area contributed by atoms with Crippen LogP contribution < -0.4 is 10.6 Å². The van der Waals surface area contributed by atoms with Gasteiger partial charge in [-0.25, -0.2) is 4.79 Å². The first-order chi connectivity index (χ1) is 13.4. The van der Waals surface area contributed by atoms with Gasteiger partial charge in [0.15, 0.2) is 5.11 Å². The third kappa shape index (κ3) is 2.73. The predicted molar refractivity (Wildman–Crippen MR) is 107 cm³/mol. The van der Waals surface area contributed by atoms with E-state index in [1.54, 1.807) is 31.2 Å². The van der Waals surface area contributed by atoms with E-state index >= 15 is 0 Å². The van der Waals surface area contributed by atoms with Crippen LogP contribution >= 0.6 is 12.2 Å². The van der Waals surface area contributed by atoms with Crippen LogP contribution in [-0.2, 0) is 9.53 Å². The summed E-state index contributed by atoms with van der Waals surface area (Å²) in [5.74, 6) is -1.35. The zero-order chi connectivity index (χ0) is 20.0. The molecule has 7 nitrogen and oxygen atoms in total. The second kappa shape index (κ2) is 6.72. The van der Waals surface area contributed by atoms with Crippen molar-refractivity contribution < 1.29 is 19.1 Å². The van der Waals surface area contributed by atoms with Gasteiger partial charge in [0.1, 0.15) is 0 Å². The lowest BCUT2D eigenvalue weighted by Crippen LogP contribution is -2.56. The molecule has 0 saturated carbocycles. The van der Waals surface area contributed by atoms with Crippen molar-refractivity contribution in [2.24, 2.45) is 0 Å². The van der Waals surface area contributed by atoms with Crippen LogP contribution in [0.25, 0.3) is 10.8 Å². The van der Waals surface area contributed by atoms with Crippen molar-refractivity contribution in [2.45, 2.75) is 13.0 Å². The number of esters is 1. The van der Waals surface area contributed by atoms with Crippen LogP contribution in [0.4, 0.5) is 0 Å². The number of carbonyl (C=O) groups excluding carboxylic acids is 3. The summed E-state index contributed by atoms with van der Waals surface area (Å²) in [4.78, 5) is 39.6. The molecule has 8 heteroatoms. The molecule has 0 spiro atoms. The number of nitrogens with one attached hydrogen (secondary N) is 2. The molecule has 1 unspecified atom stereocenters. The molecule has 0 bridgehead atoms. The normalized spacial score (nSPS) is 18.9. The van der Waals surface area contributed by atoms with Gasteiger partial charge in [-0.05, 0) is 36.7 Å². The molecule has 0 saturated heterocycles. The zero-order valence-corrected chi connectivity index (χ0v) is 16.1. The number of methoxy groups -OCH3 is 1. The molecule has 2 aliphatic rings. The lowest BCUT2D eigenvalue weighted by molar-refractivity contribution is -0.136. The van der Waals surface area contributed by atoms with Gasteiger partial charge < -0.3 is 15.4 Å². The van der Waals surface area contributed by atoms with Crippen molar-refractivity contribution in [3.63, 3.8) is 0 Å². The number of imide groups is 1. The molecule has 28 heavy (non-hydrogen) atoms. The molecule has 2 heterocycles. The first-order valence-corrected chi connectivity index (χ1v) is 9.07. The Morgan fingerprint density at radius 2 is 1.75 bits per heavy atom. The lowest BCUT2D eigenvalue weighted by Gasteiger charge is -2.34. The lowest BCUT2D eigenvalue weighted by atomic mass is 9.93. The minimum absolute atomic E-state index is 0.0496. The molecule has 0 radical (unpaired) electrons. The topological polar surface area (TPSA) is 87.7 Å². The van der Waals surface area contributed by atoms with Gasteiger partial charge in [0.25, 0.3) is 11.8 Å². The maximum Gasteiger partial charge on any atom is 0.337 e. The van der Waals surface area contributed by atoms with E-state index in [0.717, 1.165) is 10.3 Å². The third-order valence-electron chi connectivity index (χ3n) is 4.99. The molecule has 2 aromatic carbocycles. The first kappa shape index (κ1) is 18.1. The van der Waals surface area contributed by atoms with Crippen LogP contribution in [0.5, 0.6) is 0 Å². The highest BCUT2D eigenvalue weighted by atomic mass is 32.1. The fraction of sp³-hybridized carbons (Fsp3) is 0.200. The molecule has 2 amide bonds. The van der Waals surface area contributed by atoms with Gasteiger partial charge in [0.2, 0.25) is 0 Å². The molecule has 4 rings (SSSR count). The van der Waals surface area contributed by atoms with E-state index in [1.165, 1.54) is 7.11 Å². The molecule has 0 fully saturated rings. The van der Waals surface area contributed by atoms with Gasteiger partial charge in [0, 0.05) is 22.2 Å². The molecule has 0 aromatic heterocycles. The Bertz CT molecular complexity index is 1040. The van der Waals surface area contributed by atoms with E-state index in [2.05, 4.69) is 10.6 Å². The molecular formula is C20H17N3O4S. The average Bonchev–Trinajstić information content (AvgIpc) is 2.68. The summed E-state index contributed by atoms with van der Waals surface area (Å²) in [5.41, 5.74) is 1.75. The summed E-state index contributed by atoms with van der Waals surface area (Å²) in [6, 6.07) is 10.1. The number of hydrogen-bond donors (Lipinski definition) is 2. The number of thiocarbonyl (C=S) groups is 1. The van der Waals surface area contributed by atoms with Crippen molar-refractivity contribution >= 4 is 45.9 Å². The largest absolute Gasteiger partial charge is 0.466 e. The van der Waals surface area contributed by atoms with E-state index in [-0.39, 0.29) is 6.54 Å². The Morgan fingerprint density at radius 3 is 2.32 bits per heavy atom. The zero-order valence-electron chi connectivity index (χ0n) is 15.2. The number of rotatable bonds is 3. The van der Waals surface area contributed by atoms with E-state index < -0.39 is 23.8 Å². The molecule has 1 atom stereocenters. The van der Waals surface area contributed by atoms with Crippen LogP contribution in [0.2, 0.25) is 0 Å². The predicted octanol–water partition coefficient (Wildman–Crippen LogP) is 1.73. The van der Waals surface area contributed by atoms with Crippen molar-refractivity contribution in [1.82, 2.24) is 15.5 Å². The number of benzene rings is 2. The Balaban J connectivity index is 1.75. The van der Waals surface area contributed by atoms with Gasteiger partial charge in [0.05, 0.1) is 25.3 Å². The summed E-state index contributed by atoms with van der Waals surface area (Å²) in [6.45, 7) is 1.65. The molecular weight excluding hydrogens is 378 g/mol. The second-order valence-electron chi connectivity index (χ2n) is 6.61. The third-order valence-corrected chi connectivity index (χ3v) is 5.21. The monoisotopic (exact) mass is 395 g/mol. The van der Waals surface area contributed by atoms with Crippen molar-refractivity contribution in [3.8, 4) is 0 Å². The van der Waals surface area contributed by atoms with E-state index in [1.807, 2.05) is 12.1 Å². The molecule has 2 N–H and O–H groups in total. The van der Waals surface area contributed by atoms with Gasteiger partial charge >= 0.3 is 5.97 Å². The maximum atomic E-state index is 13.1. The Kier molecular flexibility index (Phi) is 4.35.